The number of hydrogen-bond donors (Lipinski definition) is 2. The van der Waals surface area contributed by atoms with Crippen molar-refractivity contribution in [2.24, 2.45) is 5.73 Å². The number of nitrogens with two attached hydrogens (primary N) is 1. The number of halogens is 1. The third-order valence-corrected chi connectivity index (χ3v) is 3.34. The van der Waals surface area contributed by atoms with Gasteiger partial charge in [0.2, 0.25) is 0 Å². The monoisotopic (exact) mass is 314 g/mol. The smallest absolute Gasteiger partial charge is 0.404 e. The molecule has 1 aromatic heterocycles. The molecule has 1 amide bonds. The van der Waals surface area contributed by atoms with Crippen LogP contribution in [-0.2, 0) is 4.74 Å². The Morgan fingerprint density at radius 2 is 2.06 bits per heavy atom. The van der Waals surface area contributed by atoms with Crippen molar-refractivity contribution in [2.45, 2.75) is 37.8 Å². The van der Waals surface area contributed by atoms with Crippen molar-refractivity contribution in [3.8, 4) is 0 Å². The Morgan fingerprint density at radius 3 is 2.61 bits per heavy atom. The molecule has 0 atom stereocenters. The zero-order chi connectivity index (χ0) is 13.0. The maximum atomic E-state index is 10.6. The summed E-state index contributed by atoms with van der Waals surface area (Å²) >= 11 is 3.24. The van der Waals surface area contributed by atoms with Crippen LogP contribution in [0.3, 0.4) is 0 Å². The fraction of sp³-hybridized carbons (Fsp3) is 0.545. The van der Waals surface area contributed by atoms with E-state index in [1.54, 1.807) is 12.4 Å². The Labute approximate surface area is 113 Å². The third-order valence-electron chi connectivity index (χ3n) is 2.93. The molecule has 18 heavy (non-hydrogen) atoms. The number of carbonyl (C=O) groups is 1. The molecule has 0 saturated heterocycles. The molecule has 0 bridgehead atoms. The number of amides is 1. The summed E-state index contributed by atoms with van der Waals surface area (Å²) in [6.45, 7) is 0. The molecular weight excluding hydrogens is 300 g/mol. The average Bonchev–Trinajstić information content (AvgIpc) is 2.34. The van der Waals surface area contributed by atoms with Gasteiger partial charge in [0, 0.05) is 6.04 Å². The van der Waals surface area contributed by atoms with Gasteiger partial charge in [-0.2, -0.15) is 0 Å². The van der Waals surface area contributed by atoms with E-state index >= 15 is 0 Å². The second-order valence-electron chi connectivity index (χ2n) is 4.28. The highest BCUT2D eigenvalue weighted by Crippen LogP contribution is 2.23. The van der Waals surface area contributed by atoms with Gasteiger partial charge < -0.3 is 15.8 Å². The van der Waals surface area contributed by atoms with Crippen LogP contribution in [0.25, 0.3) is 0 Å². The van der Waals surface area contributed by atoms with E-state index in [0.717, 1.165) is 31.5 Å². The highest BCUT2D eigenvalue weighted by atomic mass is 79.9. The van der Waals surface area contributed by atoms with Gasteiger partial charge in [0.15, 0.2) is 0 Å². The number of rotatable bonds is 3. The summed E-state index contributed by atoms with van der Waals surface area (Å²) in [4.78, 5) is 19.0. The lowest BCUT2D eigenvalue weighted by Gasteiger charge is -2.28. The number of aromatic nitrogens is 2. The van der Waals surface area contributed by atoms with Gasteiger partial charge in [-0.05, 0) is 41.6 Å². The molecule has 0 unspecified atom stereocenters. The van der Waals surface area contributed by atoms with Crippen LogP contribution in [0.4, 0.5) is 10.6 Å². The zero-order valence-electron chi connectivity index (χ0n) is 9.80. The van der Waals surface area contributed by atoms with Crippen molar-refractivity contribution >= 4 is 27.8 Å². The van der Waals surface area contributed by atoms with Crippen molar-refractivity contribution in [2.75, 3.05) is 5.32 Å². The molecule has 98 valence electrons. The van der Waals surface area contributed by atoms with Gasteiger partial charge in [-0.1, -0.05) is 0 Å². The average molecular weight is 315 g/mol. The Bertz CT molecular complexity index is 404. The SMILES string of the molecule is NC(=O)OC1CCC(Nc2cnc(Br)cn2)CC1. The van der Waals surface area contributed by atoms with Crippen LogP contribution in [0, 0.1) is 0 Å². The van der Waals surface area contributed by atoms with Crippen molar-refractivity contribution in [3.05, 3.63) is 17.0 Å². The van der Waals surface area contributed by atoms with Crippen LogP contribution >= 0.6 is 15.9 Å². The largest absolute Gasteiger partial charge is 0.446 e. The molecule has 1 saturated carbocycles. The fourth-order valence-electron chi connectivity index (χ4n) is 2.09. The molecular formula is C11H15BrN4O2. The molecule has 1 aliphatic rings. The topological polar surface area (TPSA) is 90.1 Å². The lowest BCUT2D eigenvalue weighted by atomic mass is 9.93. The summed E-state index contributed by atoms with van der Waals surface area (Å²) in [5.74, 6) is 0.762. The molecule has 0 spiro atoms. The Morgan fingerprint density at radius 1 is 1.33 bits per heavy atom. The number of nitrogens with zero attached hydrogens (tertiary/aromatic N) is 2. The maximum absolute atomic E-state index is 10.6. The molecule has 0 aromatic carbocycles. The van der Waals surface area contributed by atoms with Crippen LogP contribution in [0.2, 0.25) is 0 Å². The molecule has 1 fully saturated rings. The second-order valence-corrected chi connectivity index (χ2v) is 5.09. The van der Waals surface area contributed by atoms with E-state index in [1.165, 1.54) is 0 Å². The summed E-state index contributed by atoms with van der Waals surface area (Å²) < 4.78 is 5.70. The summed E-state index contributed by atoms with van der Waals surface area (Å²) in [7, 11) is 0. The molecule has 0 aliphatic heterocycles. The van der Waals surface area contributed by atoms with Crippen LogP contribution in [0.5, 0.6) is 0 Å². The summed E-state index contributed by atoms with van der Waals surface area (Å²) in [6.07, 6.45) is 6.11. The molecule has 2 rings (SSSR count). The predicted octanol–water partition coefficient (Wildman–Crippen LogP) is 2.06. The summed E-state index contributed by atoms with van der Waals surface area (Å²) in [5.41, 5.74) is 5.00. The molecule has 1 heterocycles. The van der Waals surface area contributed by atoms with Crippen molar-refractivity contribution < 1.29 is 9.53 Å². The maximum Gasteiger partial charge on any atom is 0.404 e. The van der Waals surface area contributed by atoms with Crippen LogP contribution < -0.4 is 11.1 Å². The Hall–Kier alpha value is -1.37. The molecule has 0 radical (unpaired) electrons. The van der Waals surface area contributed by atoms with Gasteiger partial charge in [0.1, 0.15) is 16.5 Å². The molecule has 6 nitrogen and oxygen atoms in total. The predicted molar refractivity (Wildman–Crippen MR) is 70.1 cm³/mol. The minimum atomic E-state index is -0.690. The molecule has 7 heteroatoms. The van der Waals surface area contributed by atoms with Crippen molar-refractivity contribution in [3.63, 3.8) is 0 Å². The van der Waals surface area contributed by atoms with Gasteiger partial charge >= 0.3 is 6.09 Å². The van der Waals surface area contributed by atoms with E-state index < -0.39 is 6.09 Å². The second kappa shape index (κ2) is 5.99. The van der Waals surface area contributed by atoms with E-state index in [0.29, 0.717) is 10.6 Å². The van der Waals surface area contributed by atoms with Gasteiger partial charge in [-0.25, -0.2) is 14.8 Å². The normalized spacial score (nSPS) is 23.4. The number of anilines is 1. The van der Waals surface area contributed by atoms with Gasteiger partial charge in [-0.3, -0.25) is 0 Å². The van der Waals surface area contributed by atoms with E-state index in [-0.39, 0.29) is 6.10 Å². The highest BCUT2D eigenvalue weighted by Gasteiger charge is 2.23. The quantitative estimate of drug-likeness (QED) is 0.891. The fourth-order valence-corrected chi connectivity index (χ4v) is 2.29. The Kier molecular flexibility index (Phi) is 4.35. The number of nitrogens with one attached hydrogen (secondary N) is 1. The van der Waals surface area contributed by atoms with E-state index in [2.05, 4.69) is 31.2 Å². The van der Waals surface area contributed by atoms with E-state index in [9.17, 15) is 4.79 Å². The van der Waals surface area contributed by atoms with Crippen LogP contribution in [-0.4, -0.2) is 28.2 Å². The first kappa shape index (κ1) is 13.1. The first-order valence-electron chi connectivity index (χ1n) is 5.83. The lowest BCUT2D eigenvalue weighted by molar-refractivity contribution is 0.0805. The van der Waals surface area contributed by atoms with Crippen LogP contribution in [0.1, 0.15) is 25.7 Å². The van der Waals surface area contributed by atoms with E-state index in [4.69, 9.17) is 10.5 Å². The standard InChI is InChI=1S/C11H15BrN4O2/c12-9-5-15-10(6-14-9)16-7-1-3-8(4-2-7)18-11(13)17/h5-8H,1-4H2,(H2,13,17)(H,15,16). The van der Waals surface area contributed by atoms with Crippen molar-refractivity contribution in [1.82, 2.24) is 9.97 Å². The number of primary amides is 1. The van der Waals surface area contributed by atoms with Crippen molar-refractivity contribution in [1.29, 1.82) is 0 Å². The molecule has 1 aromatic rings. The summed E-state index contributed by atoms with van der Waals surface area (Å²) in [6, 6.07) is 0.341. The van der Waals surface area contributed by atoms with Gasteiger partial charge in [-0.15, -0.1) is 0 Å². The minimum absolute atomic E-state index is 0.0449. The lowest BCUT2D eigenvalue weighted by Crippen LogP contribution is -2.32. The minimum Gasteiger partial charge on any atom is -0.446 e. The Balaban J connectivity index is 1.79. The van der Waals surface area contributed by atoms with Crippen LogP contribution in [0.15, 0.2) is 17.0 Å². The van der Waals surface area contributed by atoms with E-state index in [1.807, 2.05) is 0 Å². The zero-order valence-corrected chi connectivity index (χ0v) is 11.4. The van der Waals surface area contributed by atoms with Gasteiger partial charge in [0.25, 0.3) is 0 Å². The molecule has 3 N–H and O–H groups in total. The first-order valence-corrected chi connectivity index (χ1v) is 6.63. The third kappa shape index (κ3) is 3.83. The number of hydrogen-bond acceptors (Lipinski definition) is 5. The molecule has 1 aliphatic carbocycles. The first-order chi connectivity index (χ1) is 8.63. The highest BCUT2D eigenvalue weighted by molar-refractivity contribution is 9.10. The van der Waals surface area contributed by atoms with Gasteiger partial charge in [0.05, 0.1) is 12.4 Å². The number of ether oxygens (including phenoxy) is 1. The summed E-state index contributed by atoms with van der Waals surface area (Å²) in [5, 5.41) is 3.32. The number of carbonyl (C=O) groups excluding carboxylic acids is 1.